The van der Waals surface area contributed by atoms with Gasteiger partial charge in [0.1, 0.15) is 5.82 Å². The van der Waals surface area contributed by atoms with Gasteiger partial charge in [0.15, 0.2) is 0 Å². The number of carbonyl (C=O) groups excluding carboxylic acids is 2. The number of pyridine rings is 1. The zero-order valence-corrected chi connectivity index (χ0v) is 14.8. The van der Waals surface area contributed by atoms with Crippen molar-refractivity contribution < 1.29 is 9.59 Å². The first-order valence-electron chi connectivity index (χ1n) is 9.02. The summed E-state index contributed by atoms with van der Waals surface area (Å²) in [7, 11) is 0. The molecule has 6 heteroatoms. The predicted octanol–water partition coefficient (Wildman–Crippen LogP) is 2.37. The van der Waals surface area contributed by atoms with Crippen LogP contribution in [0.3, 0.4) is 0 Å². The molecular weight excluding hydrogens is 328 g/mol. The minimum Gasteiger partial charge on any atom is -0.357 e. The summed E-state index contributed by atoms with van der Waals surface area (Å²) in [6.45, 7) is 2.40. The van der Waals surface area contributed by atoms with Crippen LogP contribution in [0.15, 0.2) is 48.7 Å². The van der Waals surface area contributed by atoms with Crippen LogP contribution in [-0.4, -0.2) is 36.4 Å². The maximum atomic E-state index is 12.0. The zero-order valence-electron chi connectivity index (χ0n) is 14.8. The molecule has 1 aromatic carbocycles. The average molecular weight is 352 g/mol. The molecule has 1 aliphatic heterocycles. The van der Waals surface area contributed by atoms with Gasteiger partial charge in [-0.1, -0.05) is 30.3 Å². The third kappa shape index (κ3) is 5.31. The van der Waals surface area contributed by atoms with Crippen LogP contribution in [0.2, 0.25) is 0 Å². The Balaban J connectivity index is 1.37. The van der Waals surface area contributed by atoms with Crippen molar-refractivity contribution in [2.75, 3.05) is 29.9 Å². The molecule has 26 heavy (non-hydrogen) atoms. The summed E-state index contributed by atoms with van der Waals surface area (Å²) in [5.41, 5.74) is 1.63. The van der Waals surface area contributed by atoms with Gasteiger partial charge in [0, 0.05) is 26.1 Å². The van der Waals surface area contributed by atoms with Crippen molar-refractivity contribution in [1.82, 2.24) is 10.3 Å². The molecule has 1 saturated heterocycles. The molecule has 0 bridgehead atoms. The van der Waals surface area contributed by atoms with Crippen LogP contribution in [0, 0.1) is 0 Å². The maximum Gasteiger partial charge on any atom is 0.226 e. The van der Waals surface area contributed by atoms with Crippen LogP contribution >= 0.6 is 0 Å². The van der Waals surface area contributed by atoms with Gasteiger partial charge in [0.25, 0.3) is 0 Å². The van der Waals surface area contributed by atoms with Crippen molar-refractivity contribution in [3.63, 3.8) is 0 Å². The SMILES string of the molecule is O=C(Cc1ccccc1)NCCC(=O)Nc1ccc(N2CCCC2)nc1. The molecule has 0 aliphatic carbocycles. The van der Waals surface area contributed by atoms with E-state index in [1.54, 1.807) is 6.20 Å². The highest BCUT2D eigenvalue weighted by atomic mass is 16.2. The van der Waals surface area contributed by atoms with Crippen LogP contribution in [-0.2, 0) is 16.0 Å². The van der Waals surface area contributed by atoms with Crippen LogP contribution in [0.1, 0.15) is 24.8 Å². The number of benzene rings is 1. The quantitative estimate of drug-likeness (QED) is 0.802. The Kier molecular flexibility index (Phi) is 6.19. The van der Waals surface area contributed by atoms with Gasteiger partial charge in [0.2, 0.25) is 11.8 Å². The van der Waals surface area contributed by atoms with Gasteiger partial charge in [-0.15, -0.1) is 0 Å². The van der Waals surface area contributed by atoms with Gasteiger partial charge < -0.3 is 15.5 Å². The van der Waals surface area contributed by atoms with Crippen LogP contribution in [0.5, 0.6) is 0 Å². The number of amides is 2. The molecule has 2 amide bonds. The third-order valence-corrected chi connectivity index (χ3v) is 4.34. The molecular formula is C20H24N4O2. The molecule has 1 aliphatic rings. The first-order chi connectivity index (χ1) is 12.7. The van der Waals surface area contributed by atoms with Gasteiger partial charge in [0.05, 0.1) is 18.3 Å². The molecule has 1 fully saturated rings. The summed E-state index contributed by atoms with van der Waals surface area (Å²) in [5, 5.41) is 5.58. The molecule has 136 valence electrons. The Morgan fingerprint density at radius 3 is 2.46 bits per heavy atom. The van der Waals surface area contributed by atoms with E-state index in [0.29, 0.717) is 18.7 Å². The van der Waals surface area contributed by atoms with Gasteiger partial charge in [-0.2, -0.15) is 0 Å². The lowest BCUT2D eigenvalue weighted by molar-refractivity contribution is -0.120. The van der Waals surface area contributed by atoms with E-state index >= 15 is 0 Å². The Labute approximate surface area is 153 Å². The lowest BCUT2D eigenvalue weighted by Crippen LogP contribution is -2.28. The molecule has 0 spiro atoms. The first-order valence-corrected chi connectivity index (χ1v) is 9.02. The summed E-state index contributed by atoms with van der Waals surface area (Å²) >= 11 is 0. The molecule has 0 atom stereocenters. The minimum atomic E-state index is -0.138. The molecule has 0 unspecified atom stereocenters. The van der Waals surface area contributed by atoms with E-state index in [2.05, 4.69) is 20.5 Å². The van der Waals surface area contributed by atoms with Crippen LogP contribution < -0.4 is 15.5 Å². The van der Waals surface area contributed by atoms with Gasteiger partial charge in [-0.3, -0.25) is 9.59 Å². The molecule has 0 radical (unpaired) electrons. The van der Waals surface area contributed by atoms with Crippen molar-refractivity contribution in [2.45, 2.75) is 25.7 Å². The number of carbonyl (C=O) groups is 2. The number of nitrogens with zero attached hydrogens (tertiary/aromatic N) is 2. The zero-order chi connectivity index (χ0) is 18.2. The number of hydrogen-bond donors (Lipinski definition) is 2. The molecule has 0 saturated carbocycles. The van der Waals surface area contributed by atoms with Crippen molar-refractivity contribution >= 4 is 23.3 Å². The average Bonchev–Trinajstić information content (AvgIpc) is 3.18. The number of hydrogen-bond acceptors (Lipinski definition) is 4. The van der Waals surface area contributed by atoms with Crippen molar-refractivity contribution in [2.24, 2.45) is 0 Å². The van der Waals surface area contributed by atoms with E-state index in [-0.39, 0.29) is 18.2 Å². The van der Waals surface area contributed by atoms with E-state index in [0.717, 1.165) is 24.5 Å². The smallest absolute Gasteiger partial charge is 0.226 e. The Morgan fingerprint density at radius 2 is 1.77 bits per heavy atom. The Bertz CT molecular complexity index is 725. The molecule has 2 heterocycles. The molecule has 1 aromatic heterocycles. The Morgan fingerprint density at radius 1 is 1.00 bits per heavy atom. The minimum absolute atomic E-state index is 0.0827. The van der Waals surface area contributed by atoms with E-state index in [1.807, 2.05) is 42.5 Å². The maximum absolute atomic E-state index is 12.0. The monoisotopic (exact) mass is 352 g/mol. The summed E-state index contributed by atoms with van der Waals surface area (Å²) in [5.74, 6) is 0.732. The molecule has 3 rings (SSSR count). The second-order valence-electron chi connectivity index (χ2n) is 6.41. The predicted molar refractivity (Wildman–Crippen MR) is 102 cm³/mol. The van der Waals surface area contributed by atoms with Crippen LogP contribution in [0.25, 0.3) is 0 Å². The number of rotatable bonds is 7. The first kappa shape index (κ1) is 17.9. The normalized spacial score (nSPS) is 13.5. The van der Waals surface area contributed by atoms with Crippen molar-refractivity contribution in [3.8, 4) is 0 Å². The van der Waals surface area contributed by atoms with Crippen LogP contribution in [0.4, 0.5) is 11.5 Å². The molecule has 6 nitrogen and oxygen atoms in total. The number of aromatic nitrogens is 1. The lowest BCUT2D eigenvalue weighted by Gasteiger charge is -2.16. The molecule has 2 N–H and O–H groups in total. The van der Waals surface area contributed by atoms with Gasteiger partial charge in [-0.25, -0.2) is 4.98 Å². The summed E-state index contributed by atoms with van der Waals surface area (Å²) in [6, 6.07) is 13.3. The van der Waals surface area contributed by atoms with Gasteiger partial charge in [-0.05, 0) is 30.5 Å². The lowest BCUT2D eigenvalue weighted by atomic mass is 10.1. The largest absolute Gasteiger partial charge is 0.357 e. The highest BCUT2D eigenvalue weighted by Crippen LogP contribution is 2.19. The van der Waals surface area contributed by atoms with E-state index in [4.69, 9.17) is 0 Å². The van der Waals surface area contributed by atoms with E-state index in [9.17, 15) is 9.59 Å². The third-order valence-electron chi connectivity index (χ3n) is 4.34. The topological polar surface area (TPSA) is 74.3 Å². The number of nitrogens with one attached hydrogen (secondary N) is 2. The standard InChI is InChI=1S/C20H24N4O2/c25-19(10-11-21-20(26)14-16-6-2-1-3-7-16)23-17-8-9-18(22-15-17)24-12-4-5-13-24/h1-3,6-9,15H,4-5,10-14H2,(H,21,26)(H,23,25). The van der Waals surface area contributed by atoms with Gasteiger partial charge >= 0.3 is 0 Å². The second kappa shape index (κ2) is 8.99. The highest BCUT2D eigenvalue weighted by molar-refractivity contribution is 5.91. The number of anilines is 2. The highest BCUT2D eigenvalue weighted by Gasteiger charge is 2.13. The fourth-order valence-electron chi connectivity index (χ4n) is 2.98. The van der Waals surface area contributed by atoms with E-state index < -0.39 is 0 Å². The van der Waals surface area contributed by atoms with Crippen molar-refractivity contribution in [1.29, 1.82) is 0 Å². The fraction of sp³-hybridized carbons (Fsp3) is 0.350. The van der Waals surface area contributed by atoms with E-state index in [1.165, 1.54) is 12.8 Å². The van der Waals surface area contributed by atoms with Crippen molar-refractivity contribution in [3.05, 3.63) is 54.2 Å². The molecule has 2 aromatic rings. The summed E-state index contributed by atoms with van der Waals surface area (Å²) in [6.07, 6.45) is 4.64. The fourth-order valence-corrected chi connectivity index (χ4v) is 2.98. The second-order valence-corrected chi connectivity index (χ2v) is 6.41. The summed E-state index contributed by atoms with van der Waals surface area (Å²) in [4.78, 5) is 30.5. The Hall–Kier alpha value is -2.89. The summed E-state index contributed by atoms with van der Waals surface area (Å²) < 4.78 is 0.